The summed E-state index contributed by atoms with van der Waals surface area (Å²) < 4.78 is 63.1. The normalized spacial score (nSPS) is 10.5. The molecule has 11 heteroatoms. The van der Waals surface area contributed by atoms with Gasteiger partial charge in [0.2, 0.25) is 0 Å². The summed E-state index contributed by atoms with van der Waals surface area (Å²) in [6.45, 7) is 0. The molecule has 15 heavy (non-hydrogen) atoms. The summed E-state index contributed by atoms with van der Waals surface area (Å²) in [4.78, 5) is 17.6. The molecule has 0 aliphatic rings. The van der Waals surface area contributed by atoms with Crippen molar-refractivity contribution in [2.24, 2.45) is 0 Å². The number of rotatable bonds is 0. The second-order valence-corrected chi connectivity index (χ2v) is 1.57. The number of hydrogen-bond donors (Lipinski definition) is 0. The third-order valence-corrected chi connectivity index (χ3v) is 0.463. The maximum absolute atomic E-state index is 10.5. The fraction of sp³-hybridized carbons (Fsp3) is 0.500. The Labute approximate surface area is 98.0 Å². The zero-order valence-electron chi connectivity index (χ0n) is 6.48. The molecule has 0 aliphatic heterocycles. The summed E-state index contributed by atoms with van der Waals surface area (Å²) in [6.07, 6.45) is -10.4. The van der Waals surface area contributed by atoms with Crippen LogP contribution in [0.3, 0.4) is 0 Å². The zero-order valence-corrected chi connectivity index (χ0v) is 11.0. The van der Waals surface area contributed by atoms with Crippen molar-refractivity contribution in [2.45, 2.75) is 12.4 Å². The van der Waals surface area contributed by atoms with Gasteiger partial charge in [-0.3, -0.25) is 0 Å². The number of carboxylic acid groups (broad SMARTS) is 2. The molecule has 0 bridgehead atoms. The van der Waals surface area contributed by atoms with Gasteiger partial charge >= 0.3 is 39.7 Å². The number of aliphatic carboxylic acids is 2. The third-order valence-electron chi connectivity index (χ3n) is 0.463. The van der Waals surface area contributed by atoms with Crippen LogP contribution in [0.2, 0.25) is 0 Å². The summed E-state index contributed by atoms with van der Waals surface area (Å²) in [7, 11) is 0. The van der Waals surface area contributed by atoms with Crippen molar-refractivity contribution in [3.63, 3.8) is 0 Å². The number of carboxylic acids is 2. The van der Waals surface area contributed by atoms with E-state index >= 15 is 0 Å². The average Bonchev–Trinajstić information content (AvgIpc) is 1.83. The molecule has 0 aromatic rings. The molecule has 0 fully saturated rings. The van der Waals surface area contributed by atoms with Gasteiger partial charge in [-0.2, -0.15) is 26.3 Å². The van der Waals surface area contributed by atoms with Crippen molar-refractivity contribution in [1.29, 1.82) is 0 Å². The topological polar surface area (TPSA) is 80.3 Å². The molecular formula is C4F6O4Tl. The van der Waals surface area contributed by atoms with Gasteiger partial charge in [0.1, 0.15) is 11.9 Å². The van der Waals surface area contributed by atoms with Gasteiger partial charge in [0.05, 0.1) is 0 Å². The van der Waals surface area contributed by atoms with Crippen LogP contribution in [0.25, 0.3) is 0 Å². The molecule has 0 spiro atoms. The molecule has 0 heterocycles. The fourth-order valence-electron chi connectivity index (χ4n) is 0. The van der Waals surface area contributed by atoms with Crippen molar-refractivity contribution in [3.8, 4) is 0 Å². The first kappa shape index (κ1) is 19.9. The summed E-state index contributed by atoms with van der Waals surface area (Å²) in [5.74, 6) is -6.01. The molecule has 4 nitrogen and oxygen atoms in total. The molecule has 0 aromatic carbocycles. The van der Waals surface area contributed by atoms with E-state index in [1.54, 1.807) is 0 Å². The van der Waals surface area contributed by atoms with Gasteiger partial charge in [0.25, 0.3) is 0 Å². The van der Waals surface area contributed by atoms with Crippen LogP contribution >= 0.6 is 0 Å². The summed E-state index contributed by atoms with van der Waals surface area (Å²) in [5.41, 5.74) is 0. The monoisotopic (exact) mass is 431 g/mol. The fourth-order valence-corrected chi connectivity index (χ4v) is 0. The average molecular weight is 430 g/mol. The van der Waals surface area contributed by atoms with Crippen molar-refractivity contribution < 1.29 is 46.1 Å². The molecule has 0 N–H and O–H groups in total. The minimum Gasteiger partial charge on any atom is -0.542 e. The van der Waals surface area contributed by atoms with E-state index in [9.17, 15) is 26.3 Å². The Balaban J connectivity index is -0.000000180. The Morgan fingerprint density at radius 2 is 0.800 bits per heavy atom. The Morgan fingerprint density at radius 1 is 0.733 bits per heavy atom. The van der Waals surface area contributed by atoms with Gasteiger partial charge < -0.3 is 19.8 Å². The van der Waals surface area contributed by atoms with Crippen LogP contribution in [-0.4, -0.2) is 51.6 Å². The van der Waals surface area contributed by atoms with E-state index in [1.165, 1.54) is 0 Å². The number of carbonyl (C=O) groups excluding carboxylic acids is 2. The number of alkyl halides is 6. The van der Waals surface area contributed by atoms with Crippen LogP contribution in [0.4, 0.5) is 26.3 Å². The minimum atomic E-state index is -5.19. The SMILES string of the molecule is O=C([O-])C(F)(F)F.O=C([O-])C(F)(F)F.[Tl+2]. The third kappa shape index (κ3) is 13.4. The van der Waals surface area contributed by atoms with Crippen LogP contribution in [0, 0.1) is 0 Å². The van der Waals surface area contributed by atoms with Crippen molar-refractivity contribution in [2.75, 3.05) is 0 Å². The standard InChI is InChI=1S/2C2HF3O2.Tl/c2*3-2(4,5)1(6)7;/h2*(H,6,7);/q;;+2/p-2. The molecule has 0 rings (SSSR count). The molecule has 0 saturated heterocycles. The molecular weight excluding hydrogens is 430 g/mol. The zero-order chi connectivity index (χ0) is 12.2. The van der Waals surface area contributed by atoms with Crippen LogP contribution in [0.5, 0.6) is 0 Å². The Hall–Kier alpha value is -0.558. The van der Waals surface area contributed by atoms with Crippen LogP contribution in [0.15, 0.2) is 0 Å². The van der Waals surface area contributed by atoms with E-state index in [0.29, 0.717) is 0 Å². The van der Waals surface area contributed by atoms with Crippen molar-refractivity contribution in [3.05, 3.63) is 0 Å². The quantitative estimate of drug-likeness (QED) is 0.336. The van der Waals surface area contributed by atoms with E-state index in [2.05, 4.69) is 0 Å². The van der Waals surface area contributed by atoms with Crippen molar-refractivity contribution in [1.82, 2.24) is 0 Å². The van der Waals surface area contributed by atoms with E-state index in [4.69, 9.17) is 19.8 Å². The van der Waals surface area contributed by atoms with Gasteiger partial charge in [0.15, 0.2) is 0 Å². The molecule has 1 radical (unpaired) electrons. The van der Waals surface area contributed by atoms with Gasteiger partial charge in [-0.15, -0.1) is 0 Å². The maximum Gasteiger partial charge on any atom is 2.00 e. The molecule has 0 atom stereocenters. The van der Waals surface area contributed by atoms with Gasteiger partial charge in [-0.05, 0) is 0 Å². The number of carbonyl (C=O) groups is 2. The molecule has 0 saturated carbocycles. The summed E-state index contributed by atoms with van der Waals surface area (Å²) >= 11 is 0. The molecule has 0 aromatic heterocycles. The first-order valence-electron chi connectivity index (χ1n) is 2.45. The first-order valence-corrected chi connectivity index (χ1v) is 2.45. The van der Waals surface area contributed by atoms with Crippen LogP contribution in [-0.2, 0) is 9.59 Å². The predicted octanol–water partition coefficient (Wildman–Crippen LogP) is -1.78. The second kappa shape index (κ2) is 6.84. The Kier molecular flexibility index (Phi) is 9.09. The summed E-state index contributed by atoms with van der Waals surface area (Å²) in [6, 6.07) is 0. The minimum absolute atomic E-state index is 0. The molecule has 85 valence electrons. The van der Waals surface area contributed by atoms with Gasteiger partial charge in [-0.1, -0.05) is 0 Å². The van der Waals surface area contributed by atoms with Crippen LogP contribution < -0.4 is 10.2 Å². The van der Waals surface area contributed by atoms with E-state index in [1.807, 2.05) is 0 Å². The van der Waals surface area contributed by atoms with Crippen molar-refractivity contribution >= 4 is 39.2 Å². The molecule has 0 unspecified atom stereocenters. The molecule has 0 amide bonds. The smallest absolute Gasteiger partial charge is 0.542 e. The largest absolute Gasteiger partial charge is 2.00 e. The van der Waals surface area contributed by atoms with Gasteiger partial charge in [0, 0.05) is 0 Å². The maximum atomic E-state index is 10.5. The molecule has 0 aliphatic carbocycles. The van der Waals surface area contributed by atoms with E-state index < -0.39 is 24.3 Å². The summed E-state index contributed by atoms with van der Waals surface area (Å²) in [5, 5.41) is 17.6. The number of halogens is 6. The first-order chi connectivity index (χ1) is 5.89. The number of hydrogen-bond acceptors (Lipinski definition) is 4. The van der Waals surface area contributed by atoms with Gasteiger partial charge in [-0.25, -0.2) is 0 Å². The van der Waals surface area contributed by atoms with E-state index in [0.717, 1.165) is 0 Å². The predicted molar refractivity (Wildman–Crippen MR) is 27.9 cm³/mol. The van der Waals surface area contributed by atoms with Crippen LogP contribution in [0.1, 0.15) is 0 Å². The second-order valence-electron chi connectivity index (χ2n) is 1.57. The Morgan fingerprint density at radius 3 is 0.800 bits per heavy atom. The van der Waals surface area contributed by atoms with E-state index in [-0.39, 0.29) is 27.3 Å². The Bertz CT molecular complexity index is 196.